The third-order valence-corrected chi connectivity index (χ3v) is 5.34. The van der Waals surface area contributed by atoms with Gasteiger partial charge in [0, 0.05) is 12.1 Å². The highest BCUT2D eigenvalue weighted by atomic mass is 79.9. The molecule has 3 rings (SSSR count). The van der Waals surface area contributed by atoms with Crippen molar-refractivity contribution in [2.24, 2.45) is 0 Å². The fraction of sp³-hybridized carbons (Fsp3) is 0.400. The van der Waals surface area contributed by atoms with Crippen LogP contribution in [0.25, 0.3) is 0 Å². The lowest BCUT2D eigenvalue weighted by Gasteiger charge is -2.42. The van der Waals surface area contributed by atoms with Crippen LogP contribution in [0.5, 0.6) is 5.75 Å². The lowest BCUT2D eigenvalue weighted by atomic mass is 9.85. The van der Waals surface area contributed by atoms with Gasteiger partial charge in [0.25, 0.3) is 0 Å². The molecular weight excluding hydrogens is 385 g/mol. The van der Waals surface area contributed by atoms with Crippen molar-refractivity contribution in [2.75, 3.05) is 0 Å². The van der Waals surface area contributed by atoms with Crippen LogP contribution in [0.15, 0.2) is 40.9 Å². The quantitative estimate of drug-likeness (QED) is 0.782. The number of aryl methyl sites for hydroxylation is 1. The summed E-state index contributed by atoms with van der Waals surface area (Å²) < 4.78 is 19.9. The maximum absolute atomic E-state index is 13.4. The first-order valence-electron chi connectivity index (χ1n) is 8.49. The molecule has 0 amide bonds. The first kappa shape index (κ1) is 18.4. The summed E-state index contributed by atoms with van der Waals surface area (Å²) in [6, 6.07) is 10.8. The Morgan fingerprint density at radius 1 is 1.20 bits per heavy atom. The molecule has 0 saturated heterocycles. The Morgan fingerprint density at radius 3 is 2.60 bits per heavy atom. The predicted octanol–water partition coefficient (Wildman–Crippen LogP) is 4.51. The molecule has 0 bridgehead atoms. The summed E-state index contributed by atoms with van der Waals surface area (Å²) in [4.78, 5) is 0. The van der Waals surface area contributed by atoms with E-state index in [1.54, 1.807) is 12.1 Å². The number of nitrogens with one attached hydrogen (secondary N) is 1. The molecule has 2 aromatic rings. The van der Waals surface area contributed by atoms with Gasteiger partial charge in [-0.2, -0.15) is 0 Å². The zero-order valence-corrected chi connectivity index (χ0v) is 16.2. The SMILES string of the molecule is CCc1ccc2c(c1)[C@@H](NCc1ccc(F)c(Br)c1)[C@H](O)C(C)(C)O2. The molecule has 0 aromatic heterocycles. The van der Waals surface area contributed by atoms with Gasteiger partial charge in [-0.3, -0.25) is 0 Å². The van der Waals surface area contributed by atoms with E-state index < -0.39 is 11.7 Å². The van der Waals surface area contributed by atoms with E-state index in [-0.39, 0.29) is 11.9 Å². The zero-order chi connectivity index (χ0) is 18.2. The van der Waals surface area contributed by atoms with E-state index in [1.807, 2.05) is 19.9 Å². The van der Waals surface area contributed by atoms with Crippen LogP contribution in [0.2, 0.25) is 0 Å². The van der Waals surface area contributed by atoms with Gasteiger partial charge < -0.3 is 15.2 Å². The van der Waals surface area contributed by atoms with E-state index in [0.717, 1.165) is 23.3 Å². The van der Waals surface area contributed by atoms with Gasteiger partial charge in [0.05, 0.1) is 10.5 Å². The van der Waals surface area contributed by atoms with Gasteiger partial charge in [0.2, 0.25) is 0 Å². The monoisotopic (exact) mass is 407 g/mol. The molecule has 5 heteroatoms. The van der Waals surface area contributed by atoms with Gasteiger partial charge in [-0.25, -0.2) is 4.39 Å². The second kappa shape index (κ2) is 7.06. The minimum atomic E-state index is -0.698. The zero-order valence-electron chi connectivity index (χ0n) is 14.6. The highest BCUT2D eigenvalue weighted by molar-refractivity contribution is 9.10. The Bertz CT molecular complexity index is 778. The van der Waals surface area contributed by atoms with E-state index in [9.17, 15) is 9.50 Å². The number of hydrogen-bond acceptors (Lipinski definition) is 3. The third-order valence-electron chi connectivity index (χ3n) is 4.73. The summed E-state index contributed by atoms with van der Waals surface area (Å²) in [7, 11) is 0. The average Bonchev–Trinajstić information content (AvgIpc) is 2.58. The molecular formula is C20H23BrFNO2. The van der Waals surface area contributed by atoms with Crippen LogP contribution in [-0.2, 0) is 13.0 Å². The Hall–Kier alpha value is -1.43. The molecule has 25 heavy (non-hydrogen) atoms. The summed E-state index contributed by atoms with van der Waals surface area (Å²) in [5.74, 6) is 0.513. The smallest absolute Gasteiger partial charge is 0.137 e. The molecule has 1 heterocycles. The summed E-state index contributed by atoms with van der Waals surface area (Å²) in [5, 5.41) is 14.3. The van der Waals surface area contributed by atoms with E-state index in [2.05, 4.69) is 40.3 Å². The second-order valence-corrected chi connectivity index (χ2v) is 7.84. The van der Waals surface area contributed by atoms with Crippen LogP contribution in [0.3, 0.4) is 0 Å². The second-order valence-electron chi connectivity index (χ2n) is 6.98. The Balaban J connectivity index is 1.89. The minimum Gasteiger partial charge on any atom is -0.485 e. The molecule has 0 unspecified atom stereocenters. The fourth-order valence-corrected chi connectivity index (χ4v) is 3.59. The van der Waals surface area contributed by atoms with Crippen LogP contribution in [0.1, 0.15) is 43.5 Å². The largest absolute Gasteiger partial charge is 0.485 e. The summed E-state index contributed by atoms with van der Waals surface area (Å²) in [6.45, 7) is 6.39. The van der Waals surface area contributed by atoms with Crippen LogP contribution in [0, 0.1) is 5.82 Å². The Kier molecular flexibility index (Phi) is 5.19. The van der Waals surface area contributed by atoms with Crippen molar-refractivity contribution in [2.45, 2.75) is 51.5 Å². The number of aliphatic hydroxyl groups is 1. The molecule has 1 aliphatic rings. The Morgan fingerprint density at radius 2 is 1.92 bits per heavy atom. The summed E-state index contributed by atoms with van der Waals surface area (Å²) in [5.41, 5.74) is 2.41. The topological polar surface area (TPSA) is 41.5 Å². The van der Waals surface area contributed by atoms with Gasteiger partial charge in [0.15, 0.2) is 0 Å². The number of rotatable bonds is 4. The van der Waals surface area contributed by atoms with Gasteiger partial charge in [-0.1, -0.05) is 25.1 Å². The number of ether oxygens (including phenoxy) is 1. The van der Waals surface area contributed by atoms with Crippen molar-refractivity contribution in [1.82, 2.24) is 5.32 Å². The van der Waals surface area contributed by atoms with Crippen molar-refractivity contribution < 1.29 is 14.2 Å². The van der Waals surface area contributed by atoms with Crippen LogP contribution in [-0.4, -0.2) is 16.8 Å². The average molecular weight is 408 g/mol. The first-order valence-corrected chi connectivity index (χ1v) is 9.28. The van der Waals surface area contributed by atoms with Crippen molar-refractivity contribution >= 4 is 15.9 Å². The maximum atomic E-state index is 13.4. The molecule has 0 fully saturated rings. The molecule has 134 valence electrons. The molecule has 3 nitrogen and oxygen atoms in total. The normalized spacial score (nSPS) is 21.5. The molecule has 0 spiro atoms. The summed E-state index contributed by atoms with van der Waals surface area (Å²) in [6.07, 6.45) is 0.223. The molecule has 2 atom stereocenters. The third kappa shape index (κ3) is 3.73. The van der Waals surface area contributed by atoms with Gasteiger partial charge >= 0.3 is 0 Å². The first-order chi connectivity index (χ1) is 11.8. The van der Waals surface area contributed by atoms with Crippen LogP contribution < -0.4 is 10.1 Å². The number of halogens is 2. The fourth-order valence-electron chi connectivity index (χ4n) is 3.17. The molecule has 0 saturated carbocycles. The van der Waals surface area contributed by atoms with Crippen LogP contribution in [0.4, 0.5) is 4.39 Å². The van der Waals surface area contributed by atoms with Crippen molar-refractivity contribution in [1.29, 1.82) is 0 Å². The Labute approximate surface area is 156 Å². The number of benzene rings is 2. The molecule has 0 aliphatic carbocycles. The van der Waals surface area contributed by atoms with Crippen molar-refractivity contribution in [3.63, 3.8) is 0 Å². The van der Waals surface area contributed by atoms with Gasteiger partial charge in [-0.05, 0) is 65.5 Å². The molecule has 1 aliphatic heterocycles. The van der Waals surface area contributed by atoms with E-state index in [0.29, 0.717) is 11.0 Å². The lowest BCUT2D eigenvalue weighted by Crippen LogP contribution is -2.52. The predicted molar refractivity (Wildman–Crippen MR) is 100 cm³/mol. The van der Waals surface area contributed by atoms with E-state index in [4.69, 9.17) is 4.74 Å². The molecule has 0 radical (unpaired) electrons. The summed E-state index contributed by atoms with van der Waals surface area (Å²) >= 11 is 3.21. The van der Waals surface area contributed by atoms with Crippen molar-refractivity contribution in [3.05, 3.63) is 63.4 Å². The maximum Gasteiger partial charge on any atom is 0.137 e. The minimum absolute atomic E-state index is 0.255. The van der Waals surface area contributed by atoms with Gasteiger partial charge in [-0.15, -0.1) is 0 Å². The standard InChI is InChI=1S/C20H23BrFNO2/c1-4-12-6-8-17-14(9-12)18(19(24)20(2,3)25-17)23-11-13-5-7-16(22)15(21)10-13/h5-10,18-19,23-24H,4,11H2,1-3H3/t18-,19+/m1/s1. The highest BCUT2D eigenvalue weighted by Crippen LogP contribution is 2.40. The lowest BCUT2D eigenvalue weighted by molar-refractivity contribution is -0.0649. The van der Waals surface area contributed by atoms with Crippen molar-refractivity contribution in [3.8, 4) is 5.75 Å². The number of aliphatic hydroxyl groups excluding tert-OH is 1. The van der Waals surface area contributed by atoms with E-state index >= 15 is 0 Å². The van der Waals surface area contributed by atoms with E-state index in [1.165, 1.54) is 11.6 Å². The number of fused-ring (bicyclic) bond motifs is 1. The highest BCUT2D eigenvalue weighted by Gasteiger charge is 2.42. The number of hydrogen-bond donors (Lipinski definition) is 2. The molecule has 2 aromatic carbocycles. The van der Waals surface area contributed by atoms with Crippen LogP contribution >= 0.6 is 15.9 Å². The van der Waals surface area contributed by atoms with Gasteiger partial charge in [0.1, 0.15) is 23.3 Å². The molecule has 2 N–H and O–H groups in total.